The van der Waals surface area contributed by atoms with Crippen molar-refractivity contribution in [2.75, 3.05) is 0 Å². The lowest BCUT2D eigenvalue weighted by molar-refractivity contribution is -0.634. The first kappa shape index (κ1) is 87.6. The van der Waals surface area contributed by atoms with Crippen molar-refractivity contribution < 1.29 is 53.5 Å². The molecule has 0 N–H and O–H groups in total. The Morgan fingerprint density at radius 2 is 0.532 bits per heavy atom. The number of benzene rings is 13. The van der Waals surface area contributed by atoms with Gasteiger partial charge in [-0.3, -0.25) is 0 Å². The van der Waals surface area contributed by atoms with E-state index in [0.29, 0.717) is 62.9 Å². The van der Waals surface area contributed by atoms with Crippen LogP contribution in [-0.2, 0) is 28.2 Å². The number of hydrogen-bond acceptors (Lipinski definition) is 8. The van der Waals surface area contributed by atoms with Gasteiger partial charge in [0, 0.05) is 65.3 Å². The zero-order valence-corrected chi connectivity index (χ0v) is 79.3. The molecule has 0 unspecified atom stereocenters. The summed E-state index contributed by atoms with van der Waals surface area (Å²) in [4.78, 5) is 15.8. The number of aryl methyl sites for hydroxylation is 8. The van der Waals surface area contributed by atoms with Gasteiger partial charge in [0.2, 0.25) is 46.6 Å². The lowest BCUT2D eigenvalue weighted by atomic mass is 9.92. The van der Waals surface area contributed by atoms with Crippen LogP contribution in [0.1, 0.15) is 98.2 Å². The van der Waals surface area contributed by atoms with Crippen LogP contribution >= 0.6 is 0 Å². The molecule has 682 valence electrons. The number of furan rings is 4. The minimum Gasteiger partial charge on any atom is -0.438 e. The van der Waals surface area contributed by atoms with E-state index in [4.69, 9.17) is 17.7 Å². The molecule has 139 heavy (non-hydrogen) atoms. The molecular weight excluding hydrogens is 1740 g/mol. The van der Waals surface area contributed by atoms with Gasteiger partial charge in [-0.15, -0.1) is 0 Å². The lowest BCUT2D eigenvalue weighted by Crippen LogP contribution is -2.30. The van der Waals surface area contributed by atoms with Gasteiger partial charge in [-0.1, -0.05) is 193 Å². The van der Waals surface area contributed by atoms with Crippen LogP contribution in [0, 0.1) is 51.5 Å². The van der Waals surface area contributed by atoms with Gasteiger partial charge in [0.05, 0.1) is 50.4 Å². The molecule has 0 fully saturated rings. The lowest BCUT2D eigenvalue weighted by Gasteiger charge is -2.18. The normalized spacial score (nSPS) is 11.9. The molecule has 12 heterocycles. The average molecular weight is 1840 g/mol. The number of nitrogens with zero attached hydrogens (tertiary/aromatic N) is 12. The van der Waals surface area contributed by atoms with E-state index in [1.54, 1.807) is 24.3 Å². The first-order chi connectivity index (χ1) is 67.4. The van der Waals surface area contributed by atoms with Crippen molar-refractivity contribution in [2.24, 2.45) is 28.2 Å². The summed E-state index contributed by atoms with van der Waals surface area (Å²) in [6.45, 7) is 21.9. The fourth-order valence-electron chi connectivity index (χ4n) is 20.6. The van der Waals surface area contributed by atoms with E-state index in [0.717, 1.165) is 183 Å². The highest BCUT2D eigenvalue weighted by atomic mass is 19.1. The number of para-hydroxylation sites is 12. The van der Waals surface area contributed by atoms with Crippen LogP contribution < -0.4 is 18.3 Å². The maximum absolute atomic E-state index is 13.8. The molecule has 20 heteroatoms. The molecule has 0 bridgehead atoms. The Bertz CT molecular complexity index is 9220. The molecule has 0 saturated heterocycles. The number of rotatable bonds is 12. The van der Waals surface area contributed by atoms with Gasteiger partial charge in [0.25, 0.3) is 23.3 Å². The largest absolute Gasteiger partial charge is 0.438 e. The molecule has 0 radical (unpaired) electrons. The summed E-state index contributed by atoms with van der Waals surface area (Å²) in [5, 5.41) is 7.03. The van der Waals surface area contributed by atoms with Gasteiger partial charge in [-0.2, -0.15) is 55.8 Å². The van der Waals surface area contributed by atoms with Crippen LogP contribution in [0.3, 0.4) is 0 Å². The van der Waals surface area contributed by atoms with Gasteiger partial charge in [-0.25, -0.2) is 18.3 Å². The van der Waals surface area contributed by atoms with E-state index in [1.807, 2.05) is 30.3 Å². The molecule has 0 aliphatic heterocycles. The molecule has 25 rings (SSSR count). The first-order valence-corrected chi connectivity index (χ1v) is 46.8. The van der Waals surface area contributed by atoms with Gasteiger partial charge in [0.1, 0.15) is 45.1 Å². The van der Waals surface area contributed by atoms with Gasteiger partial charge < -0.3 is 17.7 Å². The van der Waals surface area contributed by atoms with Crippen molar-refractivity contribution >= 4 is 132 Å². The highest BCUT2D eigenvalue weighted by Crippen LogP contribution is 2.45. The Balaban J connectivity index is 0.000000107. The minimum atomic E-state index is -0.549. The second-order valence-corrected chi connectivity index (χ2v) is 36.9. The average Bonchev–Trinajstić information content (AvgIpc) is 1.58. The Hall–Kier alpha value is -16.7. The quantitative estimate of drug-likeness (QED) is 0.0669. The minimum absolute atomic E-state index is 0.311. The SMILES string of the molecule is Cc1cc2c(cc1-c1n(-c3c(C(C)C)cccc3C(C)C)c3ccccc3[n+]1C)oc1nc(F)ccc12.Cc1cc2c(cc1-c1n(-c3ccccc3)c3ccccc3[n+]1C)oc1nc(F)ccc12.Cc1cc2c(cc1-c1n(-c3ccccc3-c3ccccc3)c3ccccc3[n+]1C)oc1nc(F)ccc12.Cc1cc2c(cc1-c1n(-c3ccccc3C(C)C)c3ccccc3[n+]1C)oc1nc(F)ccc12. The Morgan fingerprint density at radius 1 is 0.252 bits per heavy atom. The van der Waals surface area contributed by atoms with Crippen LogP contribution in [0.2, 0.25) is 0 Å². The zero-order chi connectivity index (χ0) is 95.8. The van der Waals surface area contributed by atoms with E-state index < -0.39 is 23.8 Å². The maximum atomic E-state index is 13.8. The number of pyridine rings is 4. The van der Waals surface area contributed by atoms with Crippen molar-refractivity contribution in [2.45, 2.75) is 87.0 Å². The van der Waals surface area contributed by atoms with E-state index in [1.165, 1.54) is 46.6 Å². The molecule has 25 aromatic rings. The molecule has 16 nitrogen and oxygen atoms in total. The third-order valence-corrected chi connectivity index (χ3v) is 27.2. The fourth-order valence-corrected chi connectivity index (χ4v) is 20.6. The van der Waals surface area contributed by atoms with E-state index in [2.05, 4.69) is 397 Å². The summed E-state index contributed by atoms with van der Waals surface area (Å²) in [6, 6.07) is 107. The van der Waals surface area contributed by atoms with Gasteiger partial charge >= 0.3 is 0 Å². The Labute approximate surface area is 798 Å². The van der Waals surface area contributed by atoms with Crippen molar-refractivity contribution in [3.8, 4) is 79.4 Å². The molecule has 13 aromatic carbocycles. The van der Waals surface area contributed by atoms with Crippen molar-refractivity contribution in [3.63, 3.8) is 0 Å². The molecular formula is C119H98F4N12O4+4. The first-order valence-electron chi connectivity index (χ1n) is 46.8. The predicted octanol–water partition coefficient (Wildman–Crippen LogP) is 28.5. The van der Waals surface area contributed by atoms with E-state index >= 15 is 0 Å². The molecule has 0 aliphatic carbocycles. The summed E-state index contributed by atoms with van der Waals surface area (Å²) < 4.78 is 97.3. The van der Waals surface area contributed by atoms with Crippen LogP contribution in [0.25, 0.3) is 212 Å². The summed E-state index contributed by atoms with van der Waals surface area (Å²) in [5.41, 5.74) is 32.6. The maximum Gasteiger partial charge on any atom is 0.295 e. The van der Waals surface area contributed by atoms with Gasteiger partial charge in [0.15, 0.2) is 44.1 Å². The van der Waals surface area contributed by atoms with Crippen LogP contribution in [0.5, 0.6) is 0 Å². The standard InChI is InChI=1S/C32H23FN3O.C32H31FN3O.C29H25FN3O.C26H19FN3O/c1-20-18-25-23-16-17-30(33)34-31(23)37-29(25)19-24(20)32-35(2)27-14-8-9-15-28(27)36(32)26-13-7-6-12-22(26)21-10-4-3-5-11-21;1-18(2)21-10-9-11-22(19(3)4)30(21)36-27-13-8-7-12-26(27)35(6)32(36)24-17-28-25(16-20(24)5)23-14-15-29(33)34-31(23)37-28;1-17(2)19-9-5-6-10-23(19)33-25-12-8-7-11-24(25)32(4)29(33)21-16-26-22(15-18(21)3)20-13-14-27(30)31-28(20)34-26;1-16-14-20-18-12-13-24(27)28-25(18)31-23(20)15-19(16)26-29(2)21-10-6-7-11-22(21)30(26)17-8-4-3-5-9-17/h3-19H,1-2H3;7-19H,1-6H3;5-17H,1-4H3;3-15H,1-2H3/q4*+1. The zero-order valence-electron chi connectivity index (χ0n) is 79.3. The van der Waals surface area contributed by atoms with Crippen LogP contribution in [0.4, 0.5) is 17.6 Å². The van der Waals surface area contributed by atoms with Crippen molar-refractivity contribution in [1.82, 2.24) is 38.2 Å². The predicted molar refractivity (Wildman–Crippen MR) is 546 cm³/mol. The second kappa shape index (κ2) is 34.9. The monoisotopic (exact) mass is 1830 g/mol. The number of hydrogen-bond donors (Lipinski definition) is 0. The van der Waals surface area contributed by atoms with Crippen molar-refractivity contribution in [1.29, 1.82) is 0 Å². The topological polar surface area (TPSA) is 139 Å². The van der Waals surface area contributed by atoms with E-state index in [-0.39, 0.29) is 0 Å². The number of fused-ring (bicyclic) bond motifs is 16. The smallest absolute Gasteiger partial charge is 0.295 e. The van der Waals surface area contributed by atoms with Crippen LogP contribution in [-0.4, -0.2) is 38.2 Å². The highest BCUT2D eigenvalue weighted by Gasteiger charge is 2.37. The Morgan fingerprint density at radius 3 is 0.899 bits per heavy atom. The van der Waals surface area contributed by atoms with E-state index in [9.17, 15) is 17.6 Å². The molecule has 0 atom stereocenters. The molecule has 0 saturated carbocycles. The number of halogens is 4. The Kier molecular flexibility index (Phi) is 22.0. The second-order valence-electron chi connectivity index (χ2n) is 36.9. The summed E-state index contributed by atoms with van der Waals surface area (Å²) >= 11 is 0. The number of aromatic nitrogens is 12. The van der Waals surface area contributed by atoms with Gasteiger partial charge in [-0.05, 0) is 243 Å². The highest BCUT2D eigenvalue weighted by molar-refractivity contribution is 6.09. The fraction of sp³-hybridized carbons (Fsp3) is 0.143. The third kappa shape index (κ3) is 15.0. The molecule has 0 amide bonds. The number of imidazole rings is 4. The molecule has 12 aromatic heterocycles. The van der Waals surface area contributed by atoms with Crippen molar-refractivity contribution in [3.05, 3.63) is 384 Å². The summed E-state index contributed by atoms with van der Waals surface area (Å²) in [5.74, 6) is 3.13. The van der Waals surface area contributed by atoms with Crippen LogP contribution in [0.15, 0.2) is 339 Å². The molecule has 0 aliphatic rings. The third-order valence-electron chi connectivity index (χ3n) is 27.2. The summed E-state index contributed by atoms with van der Waals surface area (Å²) in [7, 11) is 8.40. The molecule has 0 spiro atoms. The summed E-state index contributed by atoms with van der Waals surface area (Å²) in [6.07, 6.45) is 0.